The SMILES string of the molecule is CCNC(c1cc(C)c(C)s1)c1ccccc1Cl. The van der Waals surface area contributed by atoms with E-state index in [2.05, 4.69) is 38.2 Å². The Morgan fingerprint density at radius 3 is 2.56 bits per heavy atom. The molecule has 0 saturated heterocycles. The highest BCUT2D eigenvalue weighted by Crippen LogP contribution is 2.33. The van der Waals surface area contributed by atoms with Crippen LogP contribution < -0.4 is 5.32 Å². The summed E-state index contributed by atoms with van der Waals surface area (Å²) in [5, 5.41) is 4.35. The Bertz CT molecular complexity index is 514. The number of rotatable bonds is 4. The van der Waals surface area contributed by atoms with Gasteiger partial charge in [-0.1, -0.05) is 36.7 Å². The molecule has 2 aromatic rings. The minimum absolute atomic E-state index is 0.195. The number of nitrogens with one attached hydrogen (secondary N) is 1. The highest BCUT2D eigenvalue weighted by Gasteiger charge is 2.18. The molecule has 0 amide bonds. The summed E-state index contributed by atoms with van der Waals surface area (Å²) in [7, 11) is 0. The highest BCUT2D eigenvalue weighted by molar-refractivity contribution is 7.12. The third kappa shape index (κ3) is 2.77. The van der Waals surface area contributed by atoms with Gasteiger partial charge in [-0.25, -0.2) is 0 Å². The number of aryl methyl sites for hydroxylation is 2. The number of benzene rings is 1. The minimum atomic E-state index is 0.195. The molecule has 1 aromatic heterocycles. The fraction of sp³-hybridized carbons (Fsp3) is 0.333. The van der Waals surface area contributed by atoms with Crippen molar-refractivity contribution in [2.45, 2.75) is 26.8 Å². The molecule has 1 heterocycles. The number of hydrogen-bond donors (Lipinski definition) is 1. The first-order valence-electron chi connectivity index (χ1n) is 6.18. The topological polar surface area (TPSA) is 12.0 Å². The molecule has 0 fully saturated rings. The van der Waals surface area contributed by atoms with Gasteiger partial charge in [0.1, 0.15) is 0 Å². The summed E-state index contributed by atoms with van der Waals surface area (Å²) in [6, 6.07) is 10.5. The summed E-state index contributed by atoms with van der Waals surface area (Å²) in [5.74, 6) is 0. The van der Waals surface area contributed by atoms with Crippen LogP contribution in [-0.4, -0.2) is 6.54 Å². The molecule has 0 saturated carbocycles. The van der Waals surface area contributed by atoms with Crippen molar-refractivity contribution in [1.82, 2.24) is 5.32 Å². The zero-order chi connectivity index (χ0) is 13.1. The van der Waals surface area contributed by atoms with E-state index >= 15 is 0 Å². The first-order valence-corrected chi connectivity index (χ1v) is 7.37. The van der Waals surface area contributed by atoms with Gasteiger partial charge in [0.2, 0.25) is 0 Å². The van der Waals surface area contributed by atoms with E-state index in [-0.39, 0.29) is 6.04 Å². The minimum Gasteiger partial charge on any atom is -0.306 e. The van der Waals surface area contributed by atoms with Gasteiger partial charge in [0.05, 0.1) is 6.04 Å². The van der Waals surface area contributed by atoms with E-state index in [1.165, 1.54) is 15.3 Å². The van der Waals surface area contributed by atoms with Crippen molar-refractivity contribution in [3.8, 4) is 0 Å². The molecule has 1 nitrogen and oxygen atoms in total. The summed E-state index contributed by atoms with van der Waals surface area (Å²) >= 11 is 8.16. The van der Waals surface area contributed by atoms with E-state index < -0.39 is 0 Å². The molecule has 1 unspecified atom stereocenters. The van der Waals surface area contributed by atoms with Gasteiger partial charge in [-0.2, -0.15) is 0 Å². The predicted molar refractivity (Wildman–Crippen MR) is 80.8 cm³/mol. The van der Waals surface area contributed by atoms with Crippen LogP contribution in [0.25, 0.3) is 0 Å². The Balaban J connectivity index is 2.43. The fourth-order valence-corrected chi connectivity index (χ4v) is 3.40. The largest absolute Gasteiger partial charge is 0.306 e. The first-order chi connectivity index (χ1) is 8.63. The zero-order valence-electron chi connectivity index (χ0n) is 11.0. The second kappa shape index (κ2) is 5.87. The number of thiophene rings is 1. The van der Waals surface area contributed by atoms with Crippen LogP contribution in [0, 0.1) is 13.8 Å². The van der Waals surface area contributed by atoms with E-state index in [1.54, 1.807) is 0 Å². The summed E-state index contributed by atoms with van der Waals surface area (Å²) < 4.78 is 0. The molecule has 18 heavy (non-hydrogen) atoms. The maximum Gasteiger partial charge on any atom is 0.0685 e. The number of halogens is 1. The lowest BCUT2D eigenvalue weighted by atomic mass is 10.0. The molecule has 1 N–H and O–H groups in total. The fourth-order valence-electron chi connectivity index (χ4n) is 2.02. The van der Waals surface area contributed by atoms with Crippen LogP contribution in [0.2, 0.25) is 5.02 Å². The molecule has 0 spiro atoms. The smallest absolute Gasteiger partial charge is 0.0685 e. The zero-order valence-corrected chi connectivity index (χ0v) is 12.5. The second-order valence-electron chi connectivity index (χ2n) is 4.40. The molecule has 0 bridgehead atoms. The Morgan fingerprint density at radius 2 is 2.00 bits per heavy atom. The van der Waals surface area contributed by atoms with Crippen molar-refractivity contribution in [1.29, 1.82) is 0 Å². The maximum absolute atomic E-state index is 6.32. The van der Waals surface area contributed by atoms with Crippen LogP contribution in [0.15, 0.2) is 30.3 Å². The molecule has 0 aliphatic heterocycles. The molecule has 2 rings (SSSR count). The third-order valence-electron chi connectivity index (χ3n) is 3.09. The second-order valence-corrected chi connectivity index (χ2v) is 6.10. The summed E-state index contributed by atoms with van der Waals surface area (Å²) in [4.78, 5) is 2.71. The Labute approximate surface area is 118 Å². The highest BCUT2D eigenvalue weighted by atomic mass is 35.5. The lowest BCUT2D eigenvalue weighted by Crippen LogP contribution is -2.21. The van der Waals surface area contributed by atoms with Crippen molar-refractivity contribution in [2.24, 2.45) is 0 Å². The van der Waals surface area contributed by atoms with E-state index in [9.17, 15) is 0 Å². The first kappa shape index (κ1) is 13.6. The maximum atomic E-state index is 6.32. The van der Waals surface area contributed by atoms with Crippen molar-refractivity contribution in [3.63, 3.8) is 0 Å². The van der Waals surface area contributed by atoms with Gasteiger partial charge in [-0.15, -0.1) is 11.3 Å². The van der Waals surface area contributed by atoms with Crippen molar-refractivity contribution < 1.29 is 0 Å². The normalized spacial score (nSPS) is 12.7. The van der Waals surface area contributed by atoms with Crippen LogP contribution in [0.5, 0.6) is 0 Å². The van der Waals surface area contributed by atoms with Crippen LogP contribution in [0.4, 0.5) is 0 Å². The van der Waals surface area contributed by atoms with Crippen LogP contribution in [-0.2, 0) is 0 Å². The van der Waals surface area contributed by atoms with Crippen LogP contribution >= 0.6 is 22.9 Å². The van der Waals surface area contributed by atoms with Crippen molar-refractivity contribution in [3.05, 3.63) is 56.2 Å². The lowest BCUT2D eigenvalue weighted by molar-refractivity contribution is 0.639. The van der Waals surface area contributed by atoms with E-state index in [1.807, 2.05) is 29.5 Å². The molecule has 96 valence electrons. The predicted octanol–water partition coefficient (Wildman–Crippen LogP) is 4.72. The van der Waals surface area contributed by atoms with Gasteiger partial charge >= 0.3 is 0 Å². The van der Waals surface area contributed by atoms with Gasteiger partial charge in [-0.3, -0.25) is 0 Å². The van der Waals surface area contributed by atoms with Crippen molar-refractivity contribution >= 4 is 22.9 Å². The van der Waals surface area contributed by atoms with Gasteiger partial charge < -0.3 is 5.32 Å². The van der Waals surface area contributed by atoms with Gasteiger partial charge in [0, 0.05) is 14.8 Å². The molecular weight excluding hydrogens is 262 g/mol. The van der Waals surface area contributed by atoms with Crippen molar-refractivity contribution in [2.75, 3.05) is 6.54 Å². The quantitative estimate of drug-likeness (QED) is 0.854. The van der Waals surface area contributed by atoms with Crippen LogP contribution in [0.1, 0.15) is 33.8 Å². The van der Waals surface area contributed by atoms with E-state index in [4.69, 9.17) is 11.6 Å². The molecule has 3 heteroatoms. The Morgan fingerprint density at radius 1 is 1.28 bits per heavy atom. The average molecular weight is 280 g/mol. The summed E-state index contributed by atoms with van der Waals surface area (Å²) in [6.45, 7) is 7.37. The Hall–Kier alpha value is -0.830. The molecule has 0 aliphatic carbocycles. The molecule has 1 atom stereocenters. The molecule has 1 aromatic carbocycles. The molecule has 0 radical (unpaired) electrons. The third-order valence-corrected chi connectivity index (χ3v) is 4.66. The monoisotopic (exact) mass is 279 g/mol. The molecular formula is C15H18ClNS. The van der Waals surface area contributed by atoms with E-state index in [0.717, 1.165) is 17.1 Å². The van der Waals surface area contributed by atoms with E-state index in [0.29, 0.717) is 0 Å². The van der Waals surface area contributed by atoms with Gasteiger partial charge in [-0.05, 0) is 43.7 Å². The molecule has 0 aliphatic rings. The van der Waals surface area contributed by atoms with Gasteiger partial charge in [0.25, 0.3) is 0 Å². The standard InChI is InChI=1S/C15H18ClNS/c1-4-17-15(12-7-5-6-8-13(12)16)14-9-10(2)11(3)18-14/h5-9,15,17H,4H2,1-3H3. The Kier molecular flexibility index (Phi) is 4.44. The summed E-state index contributed by atoms with van der Waals surface area (Å²) in [5.41, 5.74) is 2.51. The lowest BCUT2D eigenvalue weighted by Gasteiger charge is -2.18. The summed E-state index contributed by atoms with van der Waals surface area (Å²) in [6.07, 6.45) is 0. The van der Waals surface area contributed by atoms with Gasteiger partial charge in [0.15, 0.2) is 0 Å². The van der Waals surface area contributed by atoms with Crippen LogP contribution in [0.3, 0.4) is 0 Å². The number of hydrogen-bond acceptors (Lipinski definition) is 2. The average Bonchev–Trinajstić information content (AvgIpc) is 2.68.